The molecule has 0 fully saturated rings. The number of rotatable bonds is 4. The van der Waals surface area contributed by atoms with Gasteiger partial charge >= 0.3 is 5.97 Å². The number of carboxylic acid groups (broad SMARTS) is 1. The van der Waals surface area contributed by atoms with Crippen molar-refractivity contribution in [3.8, 4) is 11.1 Å². The van der Waals surface area contributed by atoms with E-state index in [1.54, 1.807) is 0 Å². The maximum absolute atomic E-state index is 12.3. The van der Waals surface area contributed by atoms with Crippen LogP contribution in [0.15, 0.2) is 54.6 Å². The van der Waals surface area contributed by atoms with Gasteiger partial charge in [-0.15, -0.1) is 0 Å². The first kappa shape index (κ1) is 20.9. The topological polar surface area (TPSA) is 72.3 Å². The fourth-order valence-electron chi connectivity index (χ4n) is 3.86. The third-order valence-corrected chi connectivity index (χ3v) is 5.20. The van der Waals surface area contributed by atoms with Crippen molar-refractivity contribution < 1.29 is 14.6 Å². The lowest BCUT2D eigenvalue weighted by molar-refractivity contribution is -0.160. The van der Waals surface area contributed by atoms with Gasteiger partial charge in [-0.3, -0.25) is 0 Å². The molecule has 0 radical (unpaired) electrons. The number of carboxylic acids is 1. The number of ether oxygens (including phenoxy) is 1. The smallest absolute Gasteiger partial charge is 0.337 e. The van der Waals surface area contributed by atoms with Gasteiger partial charge in [-0.25, -0.2) is 14.8 Å². The Hall–Kier alpha value is -3.31. The molecule has 2 aromatic heterocycles. The van der Waals surface area contributed by atoms with Crippen molar-refractivity contribution in [2.24, 2.45) is 0 Å². The Kier molecular flexibility index (Phi) is 5.23. The molecule has 31 heavy (non-hydrogen) atoms. The molecule has 0 aliphatic heterocycles. The number of hydrogen-bond acceptors (Lipinski definition) is 4. The van der Waals surface area contributed by atoms with E-state index in [1.165, 1.54) is 0 Å². The van der Waals surface area contributed by atoms with E-state index in [9.17, 15) is 9.90 Å². The summed E-state index contributed by atoms with van der Waals surface area (Å²) in [5.74, 6) is -1.04. The Morgan fingerprint density at radius 3 is 2.32 bits per heavy atom. The monoisotopic (exact) mass is 414 g/mol. The summed E-state index contributed by atoms with van der Waals surface area (Å²) in [7, 11) is 0. The molecule has 0 aliphatic rings. The van der Waals surface area contributed by atoms with E-state index in [4.69, 9.17) is 14.7 Å². The second-order valence-electron chi connectivity index (χ2n) is 8.85. The maximum Gasteiger partial charge on any atom is 0.337 e. The van der Waals surface area contributed by atoms with Crippen LogP contribution in [-0.2, 0) is 9.53 Å². The highest BCUT2D eigenvalue weighted by atomic mass is 16.5. The number of pyridine rings is 2. The van der Waals surface area contributed by atoms with Crippen molar-refractivity contribution in [2.75, 3.05) is 0 Å². The van der Waals surface area contributed by atoms with Gasteiger partial charge in [0.15, 0.2) is 11.8 Å². The molecule has 0 saturated carbocycles. The van der Waals surface area contributed by atoms with Crippen molar-refractivity contribution in [3.05, 3.63) is 71.4 Å². The lowest BCUT2D eigenvalue weighted by Crippen LogP contribution is -2.28. The normalized spacial score (nSPS) is 12.9. The lowest BCUT2D eigenvalue weighted by Gasteiger charge is -2.28. The molecule has 1 atom stereocenters. The van der Waals surface area contributed by atoms with E-state index < -0.39 is 17.7 Å². The Balaban J connectivity index is 2.12. The number of aryl methyl sites for hydroxylation is 2. The van der Waals surface area contributed by atoms with E-state index in [0.29, 0.717) is 16.9 Å². The average molecular weight is 415 g/mol. The van der Waals surface area contributed by atoms with Crippen LogP contribution in [0, 0.1) is 13.8 Å². The highest BCUT2D eigenvalue weighted by Crippen LogP contribution is 2.39. The minimum absolute atomic E-state index is 0.566. The molecule has 1 N–H and O–H groups in total. The van der Waals surface area contributed by atoms with Gasteiger partial charge in [0.1, 0.15) is 0 Å². The van der Waals surface area contributed by atoms with Gasteiger partial charge in [0.25, 0.3) is 0 Å². The summed E-state index contributed by atoms with van der Waals surface area (Å²) in [6.07, 6.45) is -1.15. The van der Waals surface area contributed by atoms with Crippen molar-refractivity contribution in [1.82, 2.24) is 9.97 Å². The summed E-state index contributed by atoms with van der Waals surface area (Å²) in [6.45, 7) is 9.41. The zero-order valence-electron chi connectivity index (χ0n) is 18.4. The molecule has 5 nitrogen and oxygen atoms in total. The zero-order chi connectivity index (χ0) is 22.3. The zero-order valence-corrected chi connectivity index (χ0v) is 18.4. The molecule has 4 rings (SSSR count). The highest BCUT2D eigenvalue weighted by Gasteiger charge is 2.32. The summed E-state index contributed by atoms with van der Waals surface area (Å²) >= 11 is 0. The van der Waals surface area contributed by atoms with E-state index in [0.717, 1.165) is 33.0 Å². The predicted octanol–water partition coefficient (Wildman–Crippen LogP) is 6.01. The minimum atomic E-state index is -1.15. The summed E-state index contributed by atoms with van der Waals surface area (Å²) in [5.41, 5.74) is 4.81. The Bertz CT molecular complexity index is 1290. The molecular weight excluding hydrogens is 388 g/mol. The number of fused-ring (bicyclic) bond motifs is 2. The van der Waals surface area contributed by atoms with Gasteiger partial charge in [-0.2, -0.15) is 0 Å². The van der Waals surface area contributed by atoms with Gasteiger partial charge in [-0.1, -0.05) is 48.0 Å². The Morgan fingerprint density at radius 2 is 1.68 bits per heavy atom. The molecule has 1 unspecified atom stereocenters. The molecule has 0 aliphatic carbocycles. The first-order chi connectivity index (χ1) is 14.6. The van der Waals surface area contributed by atoms with Crippen molar-refractivity contribution in [3.63, 3.8) is 0 Å². The summed E-state index contributed by atoms with van der Waals surface area (Å²) in [6, 6.07) is 18.0. The number of nitrogens with zero attached hydrogens (tertiary/aromatic N) is 2. The molecule has 2 heterocycles. The average Bonchev–Trinajstić information content (AvgIpc) is 2.70. The van der Waals surface area contributed by atoms with Crippen LogP contribution >= 0.6 is 0 Å². The molecule has 4 aromatic rings. The van der Waals surface area contributed by atoms with E-state index >= 15 is 0 Å². The van der Waals surface area contributed by atoms with Crippen molar-refractivity contribution >= 4 is 27.9 Å². The van der Waals surface area contributed by atoms with Crippen LogP contribution < -0.4 is 0 Å². The highest BCUT2D eigenvalue weighted by molar-refractivity contribution is 6.02. The number of aromatic nitrogens is 2. The van der Waals surface area contributed by atoms with Gasteiger partial charge in [0.05, 0.1) is 11.1 Å². The molecule has 0 saturated heterocycles. The van der Waals surface area contributed by atoms with Crippen molar-refractivity contribution in [1.29, 1.82) is 0 Å². The fourth-order valence-corrected chi connectivity index (χ4v) is 3.86. The van der Waals surface area contributed by atoms with E-state index in [2.05, 4.69) is 0 Å². The molecule has 0 spiro atoms. The molecule has 2 aromatic carbocycles. The Labute approximate surface area is 181 Å². The molecule has 0 amide bonds. The predicted molar refractivity (Wildman–Crippen MR) is 123 cm³/mol. The summed E-state index contributed by atoms with van der Waals surface area (Å²) < 4.78 is 6.03. The number of aliphatic carboxylic acids is 1. The van der Waals surface area contributed by atoms with Gasteiger partial charge in [0.2, 0.25) is 0 Å². The van der Waals surface area contributed by atoms with Gasteiger partial charge in [-0.05, 0) is 52.3 Å². The second-order valence-corrected chi connectivity index (χ2v) is 8.85. The summed E-state index contributed by atoms with van der Waals surface area (Å²) in [4.78, 5) is 21.8. The number of hydrogen-bond donors (Lipinski definition) is 1. The molecule has 158 valence electrons. The van der Waals surface area contributed by atoms with Crippen LogP contribution in [0.5, 0.6) is 0 Å². The minimum Gasteiger partial charge on any atom is -0.479 e. The largest absolute Gasteiger partial charge is 0.479 e. The van der Waals surface area contributed by atoms with Crippen LogP contribution in [0.2, 0.25) is 0 Å². The first-order valence-corrected chi connectivity index (χ1v) is 10.3. The molecule has 5 heteroatoms. The van der Waals surface area contributed by atoms with Gasteiger partial charge < -0.3 is 9.84 Å². The van der Waals surface area contributed by atoms with E-state index in [-0.39, 0.29) is 0 Å². The van der Waals surface area contributed by atoms with Crippen LogP contribution in [0.4, 0.5) is 0 Å². The molecule has 0 bridgehead atoms. The van der Waals surface area contributed by atoms with Crippen LogP contribution in [0.25, 0.3) is 33.1 Å². The number of para-hydroxylation sites is 1. The first-order valence-electron chi connectivity index (χ1n) is 10.3. The Morgan fingerprint density at radius 1 is 1.00 bits per heavy atom. The van der Waals surface area contributed by atoms with Crippen molar-refractivity contribution in [2.45, 2.75) is 46.3 Å². The second kappa shape index (κ2) is 7.75. The third kappa shape index (κ3) is 4.14. The SMILES string of the molecule is Cc1ccc(-c2c(C(OC(C)(C)C)C(=O)O)c(C)nc3nc4ccccc4cc23)cc1. The standard InChI is InChI=1S/C26H26N2O3/c1-15-10-12-17(13-11-15)22-19-14-18-8-6-7-9-20(18)28-24(19)27-16(2)21(22)23(25(29)30)31-26(3,4)5/h6-14,23H,1-5H3,(H,29,30). The lowest BCUT2D eigenvalue weighted by atomic mass is 9.91. The maximum atomic E-state index is 12.3. The van der Waals surface area contributed by atoms with Gasteiger partial charge in [0, 0.05) is 27.6 Å². The quantitative estimate of drug-likeness (QED) is 0.414. The third-order valence-electron chi connectivity index (χ3n) is 5.20. The van der Waals surface area contributed by atoms with Crippen LogP contribution in [0.1, 0.15) is 43.7 Å². The van der Waals surface area contributed by atoms with E-state index in [1.807, 2.05) is 89.2 Å². The summed E-state index contributed by atoms with van der Waals surface area (Å²) in [5, 5.41) is 11.9. The van der Waals surface area contributed by atoms with Crippen LogP contribution in [0.3, 0.4) is 0 Å². The fraction of sp³-hybridized carbons (Fsp3) is 0.269. The number of carbonyl (C=O) groups is 1. The molecular formula is C26H26N2O3. The van der Waals surface area contributed by atoms with Crippen LogP contribution in [-0.4, -0.2) is 26.6 Å². The number of benzene rings is 2.